The number of ether oxygens (including phenoxy) is 1. The van der Waals surface area contributed by atoms with Gasteiger partial charge in [-0.15, -0.1) is 0 Å². The molecule has 0 aromatic heterocycles. The minimum Gasteiger partial charge on any atom is -0.491 e. The molecule has 21 heavy (non-hydrogen) atoms. The van der Waals surface area contributed by atoms with Crippen LogP contribution in [0.5, 0.6) is 5.75 Å². The highest BCUT2D eigenvalue weighted by Gasteiger charge is 2.07. The van der Waals surface area contributed by atoms with Crippen molar-refractivity contribution in [1.82, 2.24) is 0 Å². The van der Waals surface area contributed by atoms with E-state index >= 15 is 0 Å². The molecule has 3 N–H and O–H groups in total. The zero-order chi connectivity index (χ0) is 15.2. The number of amides is 1. The van der Waals surface area contributed by atoms with E-state index in [0.717, 1.165) is 12.2 Å². The fourth-order valence-corrected chi connectivity index (χ4v) is 1.80. The fraction of sp³-hybridized carbons (Fsp3) is 0.235. The topological polar surface area (TPSA) is 64.3 Å². The maximum atomic E-state index is 12.1. The zero-order valence-electron chi connectivity index (χ0n) is 12.3. The summed E-state index contributed by atoms with van der Waals surface area (Å²) in [5.74, 6) is 0.579. The largest absolute Gasteiger partial charge is 0.491 e. The van der Waals surface area contributed by atoms with E-state index in [2.05, 4.69) is 12.2 Å². The lowest BCUT2D eigenvalue weighted by Crippen LogP contribution is -2.13. The molecule has 0 aliphatic rings. The lowest BCUT2D eigenvalue weighted by atomic mass is 10.2. The Bertz CT molecular complexity index is 608. The Hall–Kier alpha value is -2.49. The summed E-state index contributed by atoms with van der Waals surface area (Å²) >= 11 is 0. The summed E-state index contributed by atoms with van der Waals surface area (Å²) in [5.41, 5.74) is 7.52. The van der Waals surface area contributed by atoms with E-state index in [4.69, 9.17) is 10.5 Å². The second-order valence-electron chi connectivity index (χ2n) is 4.94. The van der Waals surface area contributed by atoms with Gasteiger partial charge in [-0.3, -0.25) is 4.79 Å². The van der Waals surface area contributed by atoms with Crippen molar-refractivity contribution in [2.75, 3.05) is 11.1 Å². The molecule has 1 unspecified atom stereocenters. The Kier molecular flexibility index (Phi) is 4.82. The molecule has 0 spiro atoms. The van der Waals surface area contributed by atoms with E-state index in [9.17, 15) is 4.79 Å². The quantitative estimate of drug-likeness (QED) is 0.823. The van der Waals surface area contributed by atoms with Crippen molar-refractivity contribution in [3.05, 3.63) is 54.1 Å². The van der Waals surface area contributed by atoms with Gasteiger partial charge in [0, 0.05) is 23.0 Å². The van der Waals surface area contributed by atoms with E-state index in [1.165, 1.54) is 0 Å². The smallest absolute Gasteiger partial charge is 0.255 e. The summed E-state index contributed by atoms with van der Waals surface area (Å²) in [4.78, 5) is 12.1. The number of nitrogens with one attached hydrogen (secondary N) is 1. The average molecular weight is 284 g/mol. The van der Waals surface area contributed by atoms with Gasteiger partial charge in [0.05, 0.1) is 6.10 Å². The summed E-state index contributed by atoms with van der Waals surface area (Å²) in [6.07, 6.45) is 1.08. The van der Waals surface area contributed by atoms with Crippen molar-refractivity contribution in [3.8, 4) is 5.75 Å². The van der Waals surface area contributed by atoms with Gasteiger partial charge >= 0.3 is 0 Å². The Labute approximate surface area is 124 Å². The molecule has 0 heterocycles. The molecule has 110 valence electrons. The van der Waals surface area contributed by atoms with Crippen LogP contribution in [0.15, 0.2) is 48.5 Å². The zero-order valence-corrected chi connectivity index (χ0v) is 12.3. The number of rotatable bonds is 5. The summed E-state index contributed by atoms with van der Waals surface area (Å²) in [6.45, 7) is 4.08. The van der Waals surface area contributed by atoms with Crippen LogP contribution in [0.1, 0.15) is 30.6 Å². The fourth-order valence-electron chi connectivity index (χ4n) is 1.80. The first-order chi connectivity index (χ1) is 10.1. The van der Waals surface area contributed by atoms with Crippen molar-refractivity contribution < 1.29 is 9.53 Å². The maximum absolute atomic E-state index is 12.1. The van der Waals surface area contributed by atoms with Gasteiger partial charge in [-0.1, -0.05) is 13.0 Å². The number of carbonyl (C=O) groups is 1. The maximum Gasteiger partial charge on any atom is 0.255 e. The molecule has 0 aliphatic carbocycles. The third kappa shape index (κ3) is 4.24. The van der Waals surface area contributed by atoms with Crippen LogP contribution < -0.4 is 15.8 Å². The number of nitrogen functional groups attached to an aromatic ring is 1. The first-order valence-corrected chi connectivity index (χ1v) is 7.02. The minimum absolute atomic E-state index is 0.146. The Morgan fingerprint density at radius 3 is 2.62 bits per heavy atom. The number of benzene rings is 2. The van der Waals surface area contributed by atoms with Crippen LogP contribution in [0.4, 0.5) is 11.4 Å². The monoisotopic (exact) mass is 284 g/mol. The molecule has 4 nitrogen and oxygen atoms in total. The van der Waals surface area contributed by atoms with E-state index in [1.807, 2.05) is 31.2 Å². The molecule has 1 atom stereocenters. The molecule has 0 radical (unpaired) electrons. The van der Waals surface area contributed by atoms with E-state index in [1.54, 1.807) is 24.3 Å². The Morgan fingerprint density at radius 1 is 1.24 bits per heavy atom. The van der Waals surface area contributed by atoms with Crippen LogP contribution in [-0.2, 0) is 0 Å². The van der Waals surface area contributed by atoms with E-state index in [-0.39, 0.29) is 12.0 Å². The van der Waals surface area contributed by atoms with Crippen LogP contribution in [0, 0.1) is 0 Å². The molecule has 1 amide bonds. The molecule has 0 fully saturated rings. The third-order valence-electron chi connectivity index (χ3n) is 3.18. The molecule has 2 rings (SSSR count). The van der Waals surface area contributed by atoms with Crippen LogP contribution >= 0.6 is 0 Å². The highest BCUT2D eigenvalue weighted by molar-refractivity contribution is 6.04. The van der Waals surface area contributed by atoms with Gasteiger partial charge in [-0.25, -0.2) is 0 Å². The number of anilines is 2. The standard InChI is InChI=1S/C17H20N2O2/c1-3-12(2)21-16-6-4-5-15(11-16)19-17(20)13-7-9-14(18)10-8-13/h4-12H,3,18H2,1-2H3,(H,19,20). The Balaban J connectivity index is 2.07. The lowest BCUT2D eigenvalue weighted by molar-refractivity contribution is 0.102. The van der Waals surface area contributed by atoms with Gasteiger partial charge in [-0.05, 0) is 49.7 Å². The minimum atomic E-state index is -0.171. The second kappa shape index (κ2) is 6.79. The average Bonchev–Trinajstić information content (AvgIpc) is 2.48. The molecule has 0 saturated heterocycles. The van der Waals surface area contributed by atoms with Crippen molar-refractivity contribution in [1.29, 1.82) is 0 Å². The van der Waals surface area contributed by atoms with Gasteiger partial charge in [0.2, 0.25) is 0 Å². The predicted octanol–water partition coefficient (Wildman–Crippen LogP) is 3.70. The number of hydrogen-bond acceptors (Lipinski definition) is 3. The number of nitrogens with two attached hydrogens (primary N) is 1. The van der Waals surface area contributed by atoms with Gasteiger partial charge in [0.25, 0.3) is 5.91 Å². The Morgan fingerprint density at radius 2 is 1.95 bits per heavy atom. The molecule has 2 aromatic carbocycles. The summed E-state index contributed by atoms with van der Waals surface area (Å²) in [5, 5.41) is 2.85. The van der Waals surface area contributed by atoms with E-state index < -0.39 is 0 Å². The molecule has 0 aliphatic heterocycles. The SMILES string of the molecule is CCC(C)Oc1cccc(NC(=O)c2ccc(N)cc2)c1. The second-order valence-corrected chi connectivity index (χ2v) is 4.94. The van der Waals surface area contributed by atoms with E-state index in [0.29, 0.717) is 16.9 Å². The van der Waals surface area contributed by atoms with Crippen LogP contribution in [-0.4, -0.2) is 12.0 Å². The van der Waals surface area contributed by atoms with Crippen molar-refractivity contribution in [2.45, 2.75) is 26.4 Å². The number of hydrogen-bond donors (Lipinski definition) is 2. The third-order valence-corrected chi connectivity index (χ3v) is 3.18. The van der Waals surface area contributed by atoms with Crippen LogP contribution in [0.25, 0.3) is 0 Å². The first-order valence-electron chi connectivity index (χ1n) is 7.02. The summed E-state index contributed by atoms with van der Waals surface area (Å²) in [6, 6.07) is 14.2. The normalized spacial score (nSPS) is 11.7. The van der Waals surface area contributed by atoms with Gasteiger partial charge in [-0.2, -0.15) is 0 Å². The summed E-state index contributed by atoms with van der Waals surface area (Å²) < 4.78 is 5.74. The number of carbonyl (C=O) groups excluding carboxylic acids is 1. The highest BCUT2D eigenvalue weighted by atomic mass is 16.5. The highest BCUT2D eigenvalue weighted by Crippen LogP contribution is 2.20. The van der Waals surface area contributed by atoms with Gasteiger partial charge in [0.1, 0.15) is 5.75 Å². The molecule has 4 heteroatoms. The molecular formula is C17H20N2O2. The molecular weight excluding hydrogens is 264 g/mol. The van der Waals surface area contributed by atoms with Gasteiger partial charge < -0.3 is 15.8 Å². The van der Waals surface area contributed by atoms with Crippen LogP contribution in [0.2, 0.25) is 0 Å². The molecule has 2 aromatic rings. The van der Waals surface area contributed by atoms with Crippen LogP contribution in [0.3, 0.4) is 0 Å². The molecule has 0 saturated carbocycles. The predicted molar refractivity (Wildman–Crippen MR) is 85.6 cm³/mol. The first kappa shape index (κ1) is 14.9. The van der Waals surface area contributed by atoms with Crippen molar-refractivity contribution >= 4 is 17.3 Å². The lowest BCUT2D eigenvalue weighted by Gasteiger charge is -2.13. The molecule has 0 bridgehead atoms. The van der Waals surface area contributed by atoms with Crippen molar-refractivity contribution in [3.63, 3.8) is 0 Å². The van der Waals surface area contributed by atoms with Gasteiger partial charge in [0.15, 0.2) is 0 Å². The summed E-state index contributed by atoms with van der Waals surface area (Å²) in [7, 11) is 0. The van der Waals surface area contributed by atoms with Crippen molar-refractivity contribution in [2.24, 2.45) is 0 Å².